The molecule has 0 fully saturated rings. The van der Waals surface area contributed by atoms with Gasteiger partial charge in [-0.05, 0) is 31.2 Å². The van der Waals surface area contributed by atoms with E-state index in [0.29, 0.717) is 19.8 Å². The number of hydrogen-bond acceptors (Lipinski definition) is 4. The van der Waals surface area contributed by atoms with Crippen molar-refractivity contribution in [2.24, 2.45) is 5.73 Å². The number of rotatable bonds is 7. The van der Waals surface area contributed by atoms with Crippen LogP contribution < -0.4 is 15.8 Å². The summed E-state index contributed by atoms with van der Waals surface area (Å²) >= 11 is 0. The Morgan fingerprint density at radius 3 is 2.65 bits per heavy atom. The number of amides is 1. The van der Waals surface area contributed by atoms with Crippen molar-refractivity contribution in [2.45, 2.75) is 6.92 Å². The predicted octanol–water partition coefficient (Wildman–Crippen LogP) is 0.999. The lowest BCUT2D eigenvalue weighted by Gasteiger charge is -2.07. The Kier molecular flexibility index (Phi) is 6.06. The van der Waals surface area contributed by atoms with Crippen molar-refractivity contribution in [3.8, 4) is 5.75 Å². The summed E-state index contributed by atoms with van der Waals surface area (Å²) in [5.41, 5.74) is 6.04. The molecule has 0 aliphatic rings. The van der Waals surface area contributed by atoms with Crippen molar-refractivity contribution in [2.75, 3.05) is 31.7 Å². The van der Waals surface area contributed by atoms with Crippen LogP contribution >= 0.6 is 0 Å². The highest BCUT2D eigenvalue weighted by Crippen LogP contribution is 2.15. The van der Waals surface area contributed by atoms with E-state index in [2.05, 4.69) is 5.32 Å². The highest BCUT2D eigenvalue weighted by molar-refractivity contribution is 5.91. The van der Waals surface area contributed by atoms with Gasteiger partial charge >= 0.3 is 0 Å². The van der Waals surface area contributed by atoms with Gasteiger partial charge in [-0.25, -0.2) is 0 Å². The standard InChI is InChI=1S/C12H18N2O3/c1-2-16-9-12(15)14-10-3-5-11(6-4-10)17-8-7-13/h3-6H,2,7-9,13H2,1H3,(H,14,15). The molecule has 5 heteroatoms. The Bertz CT molecular complexity index is 338. The Morgan fingerprint density at radius 2 is 2.06 bits per heavy atom. The molecule has 1 aromatic carbocycles. The molecule has 0 aliphatic heterocycles. The van der Waals surface area contributed by atoms with Crippen LogP contribution in [0.3, 0.4) is 0 Å². The zero-order chi connectivity index (χ0) is 12.5. The predicted molar refractivity (Wildman–Crippen MR) is 66.1 cm³/mol. The second-order valence-corrected chi connectivity index (χ2v) is 3.35. The number of carbonyl (C=O) groups is 1. The molecule has 94 valence electrons. The first-order chi connectivity index (χ1) is 8.26. The first kappa shape index (κ1) is 13.5. The van der Waals surface area contributed by atoms with E-state index in [9.17, 15) is 4.79 Å². The minimum absolute atomic E-state index is 0.0714. The summed E-state index contributed by atoms with van der Waals surface area (Å²) in [6.07, 6.45) is 0. The third-order valence-electron chi connectivity index (χ3n) is 1.96. The minimum Gasteiger partial charge on any atom is -0.492 e. The van der Waals surface area contributed by atoms with Crippen molar-refractivity contribution in [1.29, 1.82) is 0 Å². The summed E-state index contributed by atoms with van der Waals surface area (Å²) in [6.45, 7) is 3.40. The molecule has 0 spiro atoms. The van der Waals surface area contributed by atoms with Crippen LogP contribution in [0.4, 0.5) is 5.69 Å². The fourth-order valence-corrected chi connectivity index (χ4v) is 1.20. The van der Waals surface area contributed by atoms with Gasteiger partial charge in [0.15, 0.2) is 0 Å². The maximum atomic E-state index is 11.3. The first-order valence-corrected chi connectivity index (χ1v) is 5.56. The van der Waals surface area contributed by atoms with Crippen LogP contribution in [0.25, 0.3) is 0 Å². The summed E-state index contributed by atoms with van der Waals surface area (Å²) in [5.74, 6) is 0.570. The highest BCUT2D eigenvalue weighted by atomic mass is 16.5. The monoisotopic (exact) mass is 238 g/mol. The van der Waals surface area contributed by atoms with Crippen LogP contribution in [-0.2, 0) is 9.53 Å². The topological polar surface area (TPSA) is 73.6 Å². The van der Waals surface area contributed by atoms with Gasteiger partial charge in [-0.3, -0.25) is 4.79 Å². The average Bonchev–Trinajstić information content (AvgIpc) is 2.35. The lowest BCUT2D eigenvalue weighted by atomic mass is 10.3. The number of nitrogens with one attached hydrogen (secondary N) is 1. The molecule has 0 saturated heterocycles. The van der Waals surface area contributed by atoms with E-state index in [0.717, 1.165) is 11.4 Å². The molecule has 0 bridgehead atoms. The van der Waals surface area contributed by atoms with Crippen molar-refractivity contribution in [3.05, 3.63) is 24.3 Å². The number of nitrogens with two attached hydrogens (primary N) is 1. The van der Waals surface area contributed by atoms with Crippen LogP contribution in [0, 0.1) is 0 Å². The largest absolute Gasteiger partial charge is 0.492 e. The molecule has 0 saturated carbocycles. The third kappa shape index (κ3) is 5.33. The van der Waals surface area contributed by atoms with Gasteiger partial charge in [-0.15, -0.1) is 0 Å². The van der Waals surface area contributed by atoms with Crippen LogP contribution in [0.2, 0.25) is 0 Å². The number of hydrogen-bond donors (Lipinski definition) is 2. The lowest BCUT2D eigenvalue weighted by Crippen LogP contribution is -2.18. The zero-order valence-electron chi connectivity index (χ0n) is 9.94. The van der Waals surface area contributed by atoms with E-state index in [-0.39, 0.29) is 12.5 Å². The molecule has 0 unspecified atom stereocenters. The molecule has 0 heterocycles. The van der Waals surface area contributed by atoms with E-state index >= 15 is 0 Å². The van der Waals surface area contributed by atoms with Gasteiger partial charge in [-0.2, -0.15) is 0 Å². The van der Waals surface area contributed by atoms with Crippen molar-refractivity contribution in [1.82, 2.24) is 0 Å². The van der Waals surface area contributed by atoms with Gasteiger partial charge in [-0.1, -0.05) is 0 Å². The molecule has 0 aliphatic carbocycles. The Hall–Kier alpha value is -1.59. The molecule has 1 amide bonds. The number of ether oxygens (including phenoxy) is 2. The fourth-order valence-electron chi connectivity index (χ4n) is 1.20. The van der Waals surface area contributed by atoms with Crippen molar-refractivity contribution < 1.29 is 14.3 Å². The molecule has 17 heavy (non-hydrogen) atoms. The molecular formula is C12H18N2O3. The Labute approximate surface area is 101 Å². The number of carbonyl (C=O) groups excluding carboxylic acids is 1. The van der Waals surface area contributed by atoms with Gasteiger partial charge in [0.1, 0.15) is 19.0 Å². The summed E-state index contributed by atoms with van der Waals surface area (Å²) in [4.78, 5) is 11.3. The molecule has 0 atom stereocenters. The van der Waals surface area contributed by atoms with E-state index in [1.807, 2.05) is 6.92 Å². The molecule has 1 aromatic rings. The van der Waals surface area contributed by atoms with Crippen LogP contribution in [0.5, 0.6) is 5.75 Å². The second-order valence-electron chi connectivity index (χ2n) is 3.35. The molecule has 5 nitrogen and oxygen atoms in total. The zero-order valence-corrected chi connectivity index (χ0v) is 9.94. The van der Waals surface area contributed by atoms with Gasteiger partial charge in [0.05, 0.1) is 0 Å². The first-order valence-electron chi connectivity index (χ1n) is 5.56. The fraction of sp³-hybridized carbons (Fsp3) is 0.417. The summed E-state index contributed by atoms with van der Waals surface area (Å²) in [6, 6.07) is 7.11. The van der Waals surface area contributed by atoms with Gasteiger partial charge in [0.25, 0.3) is 0 Å². The van der Waals surface area contributed by atoms with Gasteiger partial charge in [0, 0.05) is 18.8 Å². The minimum atomic E-state index is -0.164. The average molecular weight is 238 g/mol. The maximum absolute atomic E-state index is 11.3. The SMILES string of the molecule is CCOCC(=O)Nc1ccc(OCCN)cc1. The quantitative estimate of drug-likeness (QED) is 0.743. The molecular weight excluding hydrogens is 220 g/mol. The molecule has 0 aromatic heterocycles. The van der Waals surface area contributed by atoms with Crippen LogP contribution in [0.1, 0.15) is 6.92 Å². The second kappa shape index (κ2) is 7.65. The molecule has 1 rings (SSSR count). The van der Waals surface area contributed by atoms with Crippen LogP contribution in [0.15, 0.2) is 24.3 Å². The van der Waals surface area contributed by atoms with Crippen molar-refractivity contribution in [3.63, 3.8) is 0 Å². The number of anilines is 1. The maximum Gasteiger partial charge on any atom is 0.250 e. The molecule has 0 radical (unpaired) electrons. The molecule has 3 N–H and O–H groups in total. The smallest absolute Gasteiger partial charge is 0.250 e. The number of benzene rings is 1. The Morgan fingerprint density at radius 1 is 1.35 bits per heavy atom. The third-order valence-corrected chi connectivity index (χ3v) is 1.96. The normalized spacial score (nSPS) is 10.0. The van der Waals surface area contributed by atoms with E-state index in [1.165, 1.54) is 0 Å². The summed E-state index contributed by atoms with van der Waals surface area (Å²) in [5, 5.41) is 2.72. The van der Waals surface area contributed by atoms with E-state index in [4.69, 9.17) is 15.2 Å². The van der Waals surface area contributed by atoms with E-state index < -0.39 is 0 Å². The Balaban J connectivity index is 2.42. The van der Waals surface area contributed by atoms with Crippen LogP contribution in [-0.4, -0.2) is 32.3 Å². The van der Waals surface area contributed by atoms with Gasteiger partial charge in [0.2, 0.25) is 5.91 Å². The lowest BCUT2D eigenvalue weighted by molar-refractivity contribution is -0.120. The van der Waals surface area contributed by atoms with Crippen molar-refractivity contribution >= 4 is 11.6 Å². The van der Waals surface area contributed by atoms with Gasteiger partial charge < -0.3 is 20.5 Å². The summed E-state index contributed by atoms with van der Waals surface area (Å²) in [7, 11) is 0. The summed E-state index contributed by atoms with van der Waals surface area (Å²) < 4.78 is 10.3. The highest BCUT2D eigenvalue weighted by Gasteiger charge is 2.01. The van der Waals surface area contributed by atoms with E-state index in [1.54, 1.807) is 24.3 Å².